The van der Waals surface area contributed by atoms with Crippen LogP contribution in [-0.4, -0.2) is 43.3 Å². The number of hydrogen-bond donors (Lipinski definition) is 1. The van der Waals surface area contributed by atoms with Gasteiger partial charge in [0.2, 0.25) is 0 Å². The molecule has 0 amide bonds. The third-order valence-corrected chi connectivity index (χ3v) is 4.22. The zero-order chi connectivity index (χ0) is 13.9. The maximum atomic E-state index is 6.10. The Labute approximate surface area is 116 Å². The van der Waals surface area contributed by atoms with Gasteiger partial charge >= 0.3 is 0 Å². The van der Waals surface area contributed by atoms with Gasteiger partial charge in [0, 0.05) is 18.6 Å². The molecule has 0 fully saturated rings. The highest BCUT2D eigenvalue weighted by molar-refractivity contribution is 5.36. The SMILES string of the molecule is CC(C)OCCN(C)C1(CN)Cc2ccccc2C1. The molecule has 1 aromatic rings. The molecule has 0 saturated carbocycles. The van der Waals surface area contributed by atoms with Gasteiger partial charge in [-0.1, -0.05) is 24.3 Å². The molecule has 0 saturated heterocycles. The first-order valence-corrected chi connectivity index (χ1v) is 7.17. The van der Waals surface area contributed by atoms with E-state index in [0.717, 1.165) is 26.0 Å². The van der Waals surface area contributed by atoms with Crippen LogP contribution in [-0.2, 0) is 17.6 Å². The van der Waals surface area contributed by atoms with Gasteiger partial charge < -0.3 is 10.5 Å². The number of ether oxygens (including phenoxy) is 1. The van der Waals surface area contributed by atoms with E-state index in [1.54, 1.807) is 0 Å². The van der Waals surface area contributed by atoms with E-state index in [1.807, 2.05) is 0 Å². The van der Waals surface area contributed by atoms with Gasteiger partial charge in [0.05, 0.1) is 12.7 Å². The van der Waals surface area contributed by atoms with Crippen molar-refractivity contribution in [1.29, 1.82) is 0 Å². The van der Waals surface area contributed by atoms with E-state index < -0.39 is 0 Å². The molecule has 0 aliphatic heterocycles. The van der Waals surface area contributed by atoms with Gasteiger partial charge in [0.1, 0.15) is 0 Å². The average Bonchev–Trinajstić information content (AvgIpc) is 2.78. The number of nitrogens with two attached hydrogens (primary N) is 1. The molecule has 0 unspecified atom stereocenters. The summed E-state index contributed by atoms with van der Waals surface area (Å²) in [6.45, 7) is 6.55. The number of benzene rings is 1. The number of likely N-dealkylation sites (N-methyl/N-ethyl adjacent to an activating group) is 1. The molecule has 3 heteroatoms. The largest absolute Gasteiger partial charge is 0.377 e. The second-order valence-electron chi connectivity index (χ2n) is 5.89. The Hall–Kier alpha value is -0.900. The summed E-state index contributed by atoms with van der Waals surface area (Å²) in [4.78, 5) is 2.38. The van der Waals surface area contributed by atoms with Crippen LogP contribution in [0, 0.1) is 0 Å². The molecule has 0 radical (unpaired) electrons. The molecular weight excluding hydrogens is 236 g/mol. The Morgan fingerprint density at radius 3 is 2.32 bits per heavy atom. The maximum Gasteiger partial charge on any atom is 0.0597 e. The molecule has 0 spiro atoms. The van der Waals surface area contributed by atoms with Crippen molar-refractivity contribution in [2.75, 3.05) is 26.7 Å². The predicted octanol–water partition coefficient (Wildman–Crippen LogP) is 1.84. The molecule has 0 atom stereocenters. The lowest BCUT2D eigenvalue weighted by Crippen LogP contribution is -2.54. The van der Waals surface area contributed by atoms with Crippen molar-refractivity contribution in [3.63, 3.8) is 0 Å². The first kappa shape index (κ1) is 14.5. The number of hydrogen-bond acceptors (Lipinski definition) is 3. The molecule has 1 aliphatic carbocycles. The van der Waals surface area contributed by atoms with Gasteiger partial charge in [-0.3, -0.25) is 4.90 Å². The molecule has 0 heterocycles. The van der Waals surface area contributed by atoms with E-state index in [9.17, 15) is 0 Å². The second kappa shape index (κ2) is 6.04. The maximum absolute atomic E-state index is 6.10. The summed E-state index contributed by atoms with van der Waals surface area (Å²) in [6, 6.07) is 8.69. The second-order valence-corrected chi connectivity index (χ2v) is 5.89. The van der Waals surface area contributed by atoms with Crippen LogP contribution in [0.1, 0.15) is 25.0 Å². The van der Waals surface area contributed by atoms with Crippen LogP contribution in [0.2, 0.25) is 0 Å². The van der Waals surface area contributed by atoms with Crippen LogP contribution < -0.4 is 5.73 Å². The van der Waals surface area contributed by atoms with Crippen molar-refractivity contribution in [2.45, 2.75) is 38.3 Å². The molecule has 3 nitrogen and oxygen atoms in total. The first-order valence-electron chi connectivity index (χ1n) is 7.17. The van der Waals surface area contributed by atoms with Crippen molar-refractivity contribution in [3.8, 4) is 0 Å². The van der Waals surface area contributed by atoms with Gasteiger partial charge in [-0.25, -0.2) is 0 Å². The van der Waals surface area contributed by atoms with Crippen molar-refractivity contribution in [2.24, 2.45) is 5.73 Å². The molecule has 19 heavy (non-hydrogen) atoms. The van der Waals surface area contributed by atoms with Crippen molar-refractivity contribution in [1.82, 2.24) is 4.90 Å². The minimum Gasteiger partial charge on any atom is -0.377 e. The lowest BCUT2D eigenvalue weighted by atomic mass is 9.94. The van der Waals surface area contributed by atoms with Gasteiger partial charge in [-0.2, -0.15) is 0 Å². The van der Waals surface area contributed by atoms with Crippen LogP contribution in [0.4, 0.5) is 0 Å². The molecule has 1 aliphatic rings. The van der Waals surface area contributed by atoms with Crippen molar-refractivity contribution in [3.05, 3.63) is 35.4 Å². The number of nitrogens with zero attached hydrogens (tertiary/aromatic N) is 1. The summed E-state index contributed by atoms with van der Waals surface area (Å²) in [7, 11) is 2.17. The minimum atomic E-state index is 0.0734. The Morgan fingerprint density at radius 2 is 1.84 bits per heavy atom. The fourth-order valence-corrected chi connectivity index (χ4v) is 2.91. The topological polar surface area (TPSA) is 38.5 Å². The van der Waals surface area contributed by atoms with Crippen LogP contribution in [0.25, 0.3) is 0 Å². The lowest BCUT2D eigenvalue weighted by Gasteiger charge is -2.38. The fourth-order valence-electron chi connectivity index (χ4n) is 2.91. The van der Waals surface area contributed by atoms with Gasteiger partial charge in [0.25, 0.3) is 0 Å². The standard InChI is InChI=1S/C16H26N2O/c1-13(2)19-9-8-18(3)16(12-17)10-14-6-4-5-7-15(14)11-16/h4-7,13H,8-12,17H2,1-3H3. The highest BCUT2D eigenvalue weighted by atomic mass is 16.5. The number of rotatable bonds is 6. The van der Waals surface area contributed by atoms with Gasteiger partial charge in [0.15, 0.2) is 0 Å². The predicted molar refractivity (Wildman–Crippen MR) is 79.4 cm³/mol. The average molecular weight is 262 g/mol. The monoisotopic (exact) mass is 262 g/mol. The van der Waals surface area contributed by atoms with E-state index in [4.69, 9.17) is 10.5 Å². The summed E-state index contributed by atoms with van der Waals surface area (Å²) in [5, 5.41) is 0. The summed E-state index contributed by atoms with van der Waals surface area (Å²) in [6.07, 6.45) is 2.40. The highest BCUT2D eigenvalue weighted by Gasteiger charge is 2.39. The van der Waals surface area contributed by atoms with E-state index in [0.29, 0.717) is 12.6 Å². The number of fused-ring (bicyclic) bond motifs is 1. The molecule has 1 aromatic carbocycles. The molecule has 106 valence electrons. The minimum absolute atomic E-state index is 0.0734. The molecule has 2 N–H and O–H groups in total. The molecule has 2 rings (SSSR count). The Bertz CT molecular complexity index is 392. The zero-order valence-corrected chi connectivity index (χ0v) is 12.4. The van der Waals surface area contributed by atoms with E-state index in [-0.39, 0.29) is 5.54 Å². The smallest absolute Gasteiger partial charge is 0.0597 e. The van der Waals surface area contributed by atoms with Crippen LogP contribution in [0.15, 0.2) is 24.3 Å². The quantitative estimate of drug-likeness (QED) is 0.850. The van der Waals surface area contributed by atoms with Crippen LogP contribution in [0.3, 0.4) is 0 Å². The Kier molecular flexibility index (Phi) is 4.61. The Balaban J connectivity index is 2.01. The fraction of sp³-hybridized carbons (Fsp3) is 0.625. The first-order chi connectivity index (χ1) is 9.07. The van der Waals surface area contributed by atoms with Crippen molar-refractivity contribution >= 4 is 0 Å². The summed E-state index contributed by atoms with van der Waals surface area (Å²) in [5.41, 5.74) is 9.07. The van der Waals surface area contributed by atoms with E-state index >= 15 is 0 Å². The molecule has 0 bridgehead atoms. The summed E-state index contributed by atoms with van der Waals surface area (Å²) >= 11 is 0. The van der Waals surface area contributed by atoms with Gasteiger partial charge in [-0.05, 0) is 44.9 Å². The normalized spacial score (nSPS) is 17.2. The Morgan fingerprint density at radius 1 is 1.26 bits per heavy atom. The molecular formula is C16H26N2O. The van der Waals surface area contributed by atoms with Crippen molar-refractivity contribution < 1.29 is 4.74 Å². The van der Waals surface area contributed by atoms with E-state index in [2.05, 4.69) is 50.1 Å². The van der Waals surface area contributed by atoms with Gasteiger partial charge in [-0.15, -0.1) is 0 Å². The van der Waals surface area contributed by atoms with Crippen LogP contribution in [0.5, 0.6) is 0 Å². The highest BCUT2D eigenvalue weighted by Crippen LogP contribution is 2.33. The molecule has 0 aromatic heterocycles. The lowest BCUT2D eigenvalue weighted by molar-refractivity contribution is 0.0373. The van der Waals surface area contributed by atoms with Crippen LogP contribution >= 0.6 is 0 Å². The zero-order valence-electron chi connectivity index (χ0n) is 12.4. The third kappa shape index (κ3) is 3.16. The summed E-state index contributed by atoms with van der Waals surface area (Å²) in [5.74, 6) is 0. The third-order valence-electron chi connectivity index (χ3n) is 4.22. The van der Waals surface area contributed by atoms with E-state index in [1.165, 1.54) is 11.1 Å². The summed E-state index contributed by atoms with van der Waals surface area (Å²) < 4.78 is 5.66.